The second kappa shape index (κ2) is 5.50. The summed E-state index contributed by atoms with van der Waals surface area (Å²) in [5.74, 6) is 0.827. The van der Waals surface area contributed by atoms with Crippen LogP contribution in [0.25, 0.3) is 0 Å². The van der Waals surface area contributed by atoms with Crippen LogP contribution >= 0.6 is 0 Å². The minimum atomic E-state index is 0.0775. The summed E-state index contributed by atoms with van der Waals surface area (Å²) >= 11 is 0. The fourth-order valence-corrected chi connectivity index (χ4v) is 1.10. The molecule has 0 atom stereocenters. The molecule has 1 aromatic heterocycles. The van der Waals surface area contributed by atoms with E-state index in [4.69, 9.17) is 4.52 Å². The Morgan fingerprint density at radius 3 is 2.93 bits per heavy atom. The lowest BCUT2D eigenvalue weighted by Crippen LogP contribution is -2.35. The van der Waals surface area contributed by atoms with E-state index in [1.807, 2.05) is 19.9 Å². The largest absolute Gasteiger partial charge is 0.360 e. The zero-order valence-corrected chi connectivity index (χ0v) is 9.41. The zero-order chi connectivity index (χ0) is 11.3. The molecule has 84 valence electrons. The van der Waals surface area contributed by atoms with Gasteiger partial charge in [-0.05, 0) is 13.8 Å². The van der Waals surface area contributed by atoms with Crippen molar-refractivity contribution in [1.29, 1.82) is 0 Å². The van der Waals surface area contributed by atoms with Crippen LogP contribution < -0.4 is 5.32 Å². The fourth-order valence-electron chi connectivity index (χ4n) is 1.10. The van der Waals surface area contributed by atoms with Crippen molar-refractivity contribution in [2.75, 3.05) is 20.1 Å². The van der Waals surface area contributed by atoms with Gasteiger partial charge in [0.25, 0.3) is 0 Å². The zero-order valence-electron chi connectivity index (χ0n) is 9.41. The average molecular weight is 211 g/mol. The number of hydrogen-bond acceptors (Lipinski definition) is 4. The van der Waals surface area contributed by atoms with E-state index >= 15 is 0 Å². The minimum absolute atomic E-state index is 0.0775. The Morgan fingerprint density at radius 2 is 2.40 bits per heavy atom. The maximum Gasteiger partial charge on any atom is 0.236 e. The molecule has 0 unspecified atom stereocenters. The number of carbonyl (C=O) groups excluding carboxylic acids is 1. The second-order valence-electron chi connectivity index (χ2n) is 3.45. The molecule has 0 aliphatic rings. The molecule has 5 nitrogen and oxygen atoms in total. The maximum atomic E-state index is 11.4. The fraction of sp³-hybridized carbons (Fsp3) is 0.600. The van der Waals surface area contributed by atoms with Crippen LogP contribution in [-0.2, 0) is 11.3 Å². The molecule has 0 spiro atoms. The van der Waals surface area contributed by atoms with Crippen LogP contribution in [0.3, 0.4) is 0 Å². The summed E-state index contributed by atoms with van der Waals surface area (Å²) in [4.78, 5) is 13.1. The molecule has 1 amide bonds. The number of nitrogens with zero attached hydrogens (tertiary/aromatic N) is 2. The van der Waals surface area contributed by atoms with E-state index in [0.29, 0.717) is 13.1 Å². The van der Waals surface area contributed by atoms with Crippen molar-refractivity contribution in [2.45, 2.75) is 20.4 Å². The predicted octanol–water partition coefficient (Wildman–Crippen LogP) is 0.551. The molecule has 1 heterocycles. The maximum absolute atomic E-state index is 11.4. The quantitative estimate of drug-likeness (QED) is 0.772. The molecule has 0 saturated carbocycles. The van der Waals surface area contributed by atoms with Crippen LogP contribution in [0.4, 0.5) is 0 Å². The average Bonchev–Trinajstić information content (AvgIpc) is 2.63. The number of hydrogen-bond donors (Lipinski definition) is 1. The lowest BCUT2D eigenvalue weighted by molar-refractivity contribution is -0.128. The Morgan fingerprint density at radius 1 is 1.67 bits per heavy atom. The molecule has 0 fully saturated rings. The van der Waals surface area contributed by atoms with Crippen LogP contribution in [0.15, 0.2) is 10.6 Å². The standard InChI is InChI=1S/C10H17N3O2/c1-4-13(3)10(14)7-11-6-9-5-8(2)12-15-9/h5,11H,4,6-7H2,1-3H3. The van der Waals surface area contributed by atoms with Crippen molar-refractivity contribution in [1.82, 2.24) is 15.4 Å². The van der Waals surface area contributed by atoms with Gasteiger partial charge in [-0.15, -0.1) is 0 Å². The van der Waals surface area contributed by atoms with Crippen molar-refractivity contribution in [3.05, 3.63) is 17.5 Å². The van der Waals surface area contributed by atoms with Crippen LogP contribution in [-0.4, -0.2) is 36.1 Å². The van der Waals surface area contributed by atoms with E-state index in [0.717, 1.165) is 18.0 Å². The summed E-state index contributed by atoms with van der Waals surface area (Å²) < 4.78 is 5.00. The van der Waals surface area contributed by atoms with E-state index in [2.05, 4.69) is 10.5 Å². The van der Waals surface area contributed by atoms with Crippen LogP contribution in [0.2, 0.25) is 0 Å². The number of aryl methyl sites for hydroxylation is 1. The highest BCUT2D eigenvalue weighted by atomic mass is 16.5. The lowest BCUT2D eigenvalue weighted by atomic mass is 10.4. The molecular weight excluding hydrogens is 194 g/mol. The topological polar surface area (TPSA) is 58.4 Å². The molecular formula is C10H17N3O2. The van der Waals surface area contributed by atoms with Gasteiger partial charge in [0.1, 0.15) is 0 Å². The normalized spacial score (nSPS) is 10.3. The summed E-state index contributed by atoms with van der Waals surface area (Å²) in [5.41, 5.74) is 0.851. The number of amides is 1. The molecule has 0 aliphatic heterocycles. The van der Waals surface area contributed by atoms with E-state index in [9.17, 15) is 4.79 Å². The van der Waals surface area contributed by atoms with Crippen LogP contribution in [0, 0.1) is 6.92 Å². The Bertz CT molecular complexity index is 322. The van der Waals surface area contributed by atoms with Gasteiger partial charge in [0.2, 0.25) is 5.91 Å². The molecule has 1 N–H and O–H groups in total. The summed E-state index contributed by atoms with van der Waals surface area (Å²) in [7, 11) is 1.78. The molecule has 5 heteroatoms. The third kappa shape index (κ3) is 3.71. The van der Waals surface area contributed by atoms with Gasteiger partial charge in [0.15, 0.2) is 5.76 Å². The molecule has 0 saturated heterocycles. The van der Waals surface area contributed by atoms with Gasteiger partial charge in [-0.1, -0.05) is 5.16 Å². The van der Waals surface area contributed by atoms with Crippen molar-refractivity contribution in [3.8, 4) is 0 Å². The Kier molecular flexibility index (Phi) is 4.30. The van der Waals surface area contributed by atoms with Gasteiger partial charge in [-0.2, -0.15) is 0 Å². The highest BCUT2D eigenvalue weighted by Crippen LogP contribution is 2.00. The van der Waals surface area contributed by atoms with E-state index in [1.165, 1.54) is 0 Å². The summed E-state index contributed by atoms with van der Waals surface area (Å²) in [6.07, 6.45) is 0. The van der Waals surface area contributed by atoms with Gasteiger partial charge in [-0.3, -0.25) is 4.79 Å². The second-order valence-corrected chi connectivity index (χ2v) is 3.45. The summed E-state index contributed by atoms with van der Waals surface area (Å²) in [5, 5.41) is 6.76. The van der Waals surface area contributed by atoms with Gasteiger partial charge in [0.05, 0.1) is 18.8 Å². The molecule has 1 rings (SSSR count). The number of rotatable bonds is 5. The summed E-state index contributed by atoms with van der Waals surface area (Å²) in [6, 6.07) is 1.85. The van der Waals surface area contributed by atoms with Gasteiger partial charge in [-0.25, -0.2) is 0 Å². The highest BCUT2D eigenvalue weighted by molar-refractivity contribution is 5.77. The monoisotopic (exact) mass is 211 g/mol. The Hall–Kier alpha value is -1.36. The van der Waals surface area contributed by atoms with Gasteiger partial charge >= 0.3 is 0 Å². The molecule has 0 aromatic carbocycles. The third-order valence-electron chi connectivity index (χ3n) is 2.15. The molecule has 0 aliphatic carbocycles. The number of carbonyl (C=O) groups is 1. The van der Waals surface area contributed by atoms with Gasteiger partial charge < -0.3 is 14.7 Å². The number of nitrogens with one attached hydrogen (secondary N) is 1. The predicted molar refractivity (Wildman–Crippen MR) is 56.3 cm³/mol. The molecule has 0 bridgehead atoms. The van der Waals surface area contributed by atoms with E-state index in [1.54, 1.807) is 11.9 Å². The van der Waals surface area contributed by atoms with E-state index < -0.39 is 0 Å². The number of likely N-dealkylation sites (N-methyl/N-ethyl adjacent to an activating group) is 1. The van der Waals surface area contributed by atoms with Crippen molar-refractivity contribution < 1.29 is 9.32 Å². The first kappa shape index (κ1) is 11.7. The molecule has 1 aromatic rings. The van der Waals surface area contributed by atoms with Crippen LogP contribution in [0.5, 0.6) is 0 Å². The smallest absolute Gasteiger partial charge is 0.236 e. The Labute approximate surface area is 89.4 Å². The summed E-state index contributed by atoms with van der Waals surface area (Å²) in [6.45, 7) is 5.39. The SMILES string of the molecule is CCN(C)C(=O)CNCc1cc(C)no1. The van der Waals surface area contributed by atoms with Gasteiger partial charge in [0, 0.05) is 19.7 Å². The third-order valence-corrected chi connectivity index (χ3v) is 2.15. The lowest BCUT2D eigenvalue weighted by Gasteiger charge is -2.14. The minimum Gasteiger partial charge on any atom is -0.360 e. The first-order valence-electron chi connectivity index (χ1n) is 5.00. The van der Waals surface area contributed by atoms with Crippen LogP contribution in [0.1, 0.15) is 18.4 Å². The highest BCUT2D eigenvalue weighted by Gasteiger charge is 2.06. The van der Waals surface area contributed by atoms with Crippen molar-refractivity contribution >= 4 is 5.91 Å². The van der Waals surface area contributed by atoms with E-state index in [-0.39, 0.29) is 5.91 Å². The van der Waals surface area contributed by atoms with Crippen molar-refractivity contribution in [2.24, 2.45) is 0 Å². The molecule has 0 radical (unpaired) electrons. The Balaban J connectivity index is 2.24. The van der Waals surface area contributed by atoms with Crippen molar-refractivity contribution in [3.63, 3.8) is 0 Å². The first-order valence-corrected chi connectivity index (χ1v) is 5.00. The first-order chi connectivity index (χ1) is 7.13. The molecule has 15 heavy (non-hydrogen) atoms. The number of aromatic nitrogens is 1.